The second-order valence-corrected chi connectivity index (χ2v) is 3.79. The van der Waals surface area contributed by atoms with E-state index in [1.54, 1.807) is 0 Å². The van der Waals surface area contributed by atoms with E-state index < -0.39 is 12.2 Å². The van der Waals surface area contributed by atoms with Gasteiger partial charge in [-0.05, 0) is 18.6 Å². The number of pyridine rings is 1. The molecule has 0 radical (unpaired) electrons. The highest BCUT2D eigenvalue weighted by Crippen LogP contribution is 2.27. The van der Waals surface area contributed by atoms with E-state index in [0.29, 0.717) is 0 Å². The third-order valence-corrected chi connectivity index (χ3v) is 2.35. The zero-order valence-corrected chi connectivity index (χ0v) is 9.28. The van der Waals surface area contributed by atoms with Crippen molar-refractivity contribution in [3.8, 4) is 5.75 Å². The largest absolute Gasteiger partial charge is 0.506 e. The molecule has 2 atom stereocenters. The fourth-order valence-corrected chi connectivity index (χ4v) is 1.49. The van der Waals surface area contributed by atoms with Crippen LogP contribution < -0.4 is 0 Å². The van der Waals surface area contributed by atoms with Crippen molar-refractivity contribution >= 4 is 23.2 Å². The fourth-order valence-electron chi connectivity index (χ4n) is 1.11. The van der Waals surface area contributed by atoms with Crippen molar-refractivity contribution in [2.75, 3.05) is 5.88 Å². The average Bonchev–Trinajstić information content (AvgIpc) is 2.21. The maximum atomic E-state index is 9.64. The zero-order valence-electron chi connectivity index (χ0n) is 7.77. The number of rotatable bonds is 4. The number of aliphatic hydroxyl groups excluding tert-OH is 2. The van der Waals surface area contributed by atoms with Gasteiger partial charge in [0.2, 0.25) is 0 Å². The minimum atomic E-state index is -1.29. The van der Waals surface area contributed by atoms with E-state index in [1.807, 2.05) is 0 Å². The molecular weight excluding hydrogens is 241 g/mol. The first-order valence-electron chi connectivity index (χ1n) is 4.33. The van der Waals surface area contributed by atoms with Crippen LogP contribution in [0.25, 0.3) is 0 Å². The molecule has 2 unspecified atom stereocenters. The third kappa shape index (κ3) is 3.21. The van der Waals surface area contributed by atoms with Gasteiger partial charge in [0.1, 0.15) is 22.7 Å². The van der Waals surface area contributed by atoms with Crippen LogP contribution in [0.4, 0.5) is 0 Å². The number of nitrogens with zero attached hydrogens (tertiary/aromatic N) is 1. The number of alkyl halides is 1. The molecule has 15 heavy (non-hydrogen) atoms. The lowest BCUT2D eigenvalue weighted by atomic mass is 10.1. The van der Waals surface area contributed by atoms with E-state index in [-0.39, 0.29) is 28.9 Å². The molecule has 0 aliphatic rings. The van der Waals surface area contributed by atoms with E-state index in [9.17, 15) is 15.3 Å². The normalized spacial score (nSPS) is 14.9. The molecule has 6 heteroatoms. The van der Waals surface area contributed by atoms with Gasteiger partial charge in [-0.25, -0.2) is 4.98 Å². The summed E-state index contributed by atoms with van der Waals surface area (Å²) < 4.78 is 0. The quantitative estimate of drug-likeness (QED) is 0.560. The molecule has 1 aromatic rings. The minimum Gasteiger partial charge on any atom is -0.506 e. The Morgan fingerprint density at radius 1 is 1.33 bits per heavy atom. The van der Waals surface area contributed by atoms with Gasteiger partial charge in [-0.3, -0.25) is 0 Å². The van der Waals surface area contributed by atoms with Gasteiger partial charge in [-0.1, -0.05) is 11.6 Å². The molecule has 1 rings (SSSR count). The van der Waals surface area contributed by atoms with E-state index in [4.69, 9.17) is 23.2 Å². The second-order valence-electron chi connectivity index (χ2n) is 3.03. The van der Waals surface area contributed by atoms with Crippen molar-refractivity contribution < 1.29 is 15.3 Å². The van der Waals surface area contributed by atoms with Crippen LogP contribution in [0, 0.1) is 0 Å². The molecule has 0 aromatic carbocycles. The van der Waals surface area contributed by atoms with Crippen molar-refractivity contribution in [2.45, 2.75) is 18.6 Å². The van der Waals surface area contributed by atoms with E-state index in [1.165, 1.54) is 12.1 Å². The molecule has 1 heterocycles. The predicted molar refractivity (Wildman–Crippen MR) is 57.2 cm³/mol. The van der Waals surface area contributed by atoms with Gasteiger partial charge in [-0.2, -0.15) is 0 Å². The lowest BCUT2D eigenvalue weighted by Gasteiger charge is -2.17. The maximum absolute atomic E-state index is 9.64. The van der Waals surface area contributed by atoms with Crippen LogP contribution in [0.3, 0.4) is 0 Å². The van der Waals surface area contributed by atoms with Crippen LogP contribution in [0.15, 0.2) is 12.1 Å². The summed E-state index contributed by atoms with van der Waals surface area (Å²) in [6, 6.07) is 2.70. The molecule has 0 fully saturated rings. The second kappa shape index (κ2) is 5.51. The number of hydrogen-bond donors (Lipinski definition) is 3. The molecule has 1 aromatic heterocycles. The van der Waals surface area contributed by atoms with Crippen LogP contribution >= 0.6 is 23.2 Å². The molecule has 0 spiro atoms. The Morgan fingerprint density at radius 2 is 2.00 bits per heavy atom. The van der Waals surface area contributed by atoms with Gasteiger partial charge in [0.05, 0.1) is 6.10 Å². The first kappa shape index (κ1) is 12.5. The summed E-state index contributed by atoms with van der Waals surface area (Å²) in [4.78, 5) is 3.74. The predicted octanol–water partition coefficient (Wildman–Crippen LogP) is 1.46. The molecular formula is C9H11Cl2NO3. The summed E-state index contributed by atoms with van der Waals surface area (Å²) in [5.41, 5.74) is -0.0416. The Bertz CT molecular complexity index is 335. The lowest BCUT2D eigenvalue weighted by Crippen LogP contribution is -2.19. The number of halogens is 2. The number of hydrogen-bond acceptors (Lipinski definition) is 4. The number of aliphatic hydroxyl groups is 2. The highest BCUT2D eigenvalue weighted by molar-refractivity contribution is 6.29. The summed E-state index contributed by atoms with van der Waals surface area (Å²) in [6.07, 6.45) is -2.15. The van der Waals surface area contributed by atoms with Crippen LogP contribution in [0.1, 0.15) is 18.2 Å². The van der Waals surface area contributed by atoms with Crippen molar-refractivity contribution in [3.05, 3.63) is 23.0 Å². The summed E-state index contributed by atoms with van der Waals surface area (Å²) in [5, 5.41) is 28.6. The Morgan fingerprint density at radius 3 is 2.60 bits per heavy atom. The topological polar surface area (TPSA) is 73.6 Å². The van der Waals surface area contributed by atoms with Crippen molar-refractivity contribution in [1.29, 1.82) is 0 Å². The van der Waals surface area contributed by atoms with Crippen molar-refractivity contribution in [1.82, 2.24) is 4.98 Å². The molecule has 84 valence electrons. The average molecular weight is 252 g/mol. The van der Waals surface area contributed by atoms with E-state index >= 15 is 0 Å². The van der Waals surface area contributed by atoms with Gasteiger partial charge in [-0.15, -0.1) is 11.6 Å². The van der Waals surface area contributed by atoms with Crippen LogP contribution in [-0.2, 0) is 0 Å². The molecule has 0 aliphatic carbocycles. The van der Waals surface area contributed by atoms with Crippen LogP contribution in [0.5, 0.6) is 5.75 Å². The van der Waals surface area contributed by atoms with E-state index in [0.717, 1.165) is 0 Å². The number of aromatic nitrogens is 1. The van der Waals surface area contributed by atoms with Gasteiger partial charge < -0.3 is 15.3 Å². The summed E-state index contributed by atoms with van der Waals surface area (Å²) in [5.74, 6) is 0.0000416. The monoisotopic (exact) mass is 251 g/mol. The third-order valence-electron chi connectivity index (χ3n) is 1.92. The number of aromatic hydroxyl groups is 1. The van der Waals surface area contributed by atoms with Gasteiger partial charge in [0, 0.05) is 5.88 Å². The van der Waals surface area contributed by atoms with Crippen molar-refractivity contribution in [2.24, 2.45) is 0 Å². The van der Waals surface area contributed by atoms with Crippen LogP contribution in [0.2, 0.25) is 5.15 Å². The lowest BCUT2D eigenvalue weighted by molar-refractivity contribution is 0.0130. The summed E-state index contributed by atoms with van der Waals surface area (Å²) in [6.45, 7) is 0. The molecule has 0 aliphatic heterocycles. The summed E-state index contributed by atoms with van der Waals surface area (Å²) in [7, 11) is 0. The van der Waals surface area contributed by atoms with Crippen molar-refractivity contribution in [3.63, 3.8) is 0 Å². The molecule has 0 saturated carbocycles. The SMILES string of the molecule is Oc1ccc(Cl)nc1C(O)C(O)CCCl. The Kier molecular flexibility index (Phi) is 4.60. The molecule has 4 nitrogen and oxygen atoms in total. The highest BCUT2D eigenvalue weighted by Gasteiger charge is 2.22. The van der Waals surface area contributed by atoms with E-state index in [2.05, 4.69) is 4.98 Å². The first-order valence-corrected chi connectivity index (χ1v) is 5.25. The Balaban J connectivity index is 2.89. The minimum absolute atomic E-state index is 0.0416. The first-order chi connectivity index (χ1) is 7.06. The zero-order chi connectivity index (χ0) is 11.4. The van der Waals surface area contributed by atoms with Gasteiger partial charge >= 0.3 is 0 Å². The smallest absolute Gasteiger partial charge is 0.140 e. The molecule has 0 bridgehead atoms. The van der Waals surface area contributed by atoms with Gasteiger partial charge in [0.25, 0.3) is 0 Å². The standard InChI is InChI=1S/C9H11Cl2NO3/c10-4-3-6(14)9(15)8-5(13)1-2-7(11)12-8/h1-2,6,9,13-15H,3-4H2. The highest BCUT2D eigenvalue weighted by atomic mass is 35.5. The van der Waals surface area contributed by atoms with Crippen LogP contribution in [-0.4, -0.2) is 32.3 Å². The van der Waals surface area contributed by atoms with Gasteiger partial charge in [0.15, 0.2) is 0 Å². The summed E-state index contributed by atoms with van der Waals surface area (Å²) >= 11 is 11.0. The Hall–Kier alpha value is -0.550. The molecule has 0 amide bonds. The Labute approximate surface area is 97.1 Å². The fraction of sp³-hybridized carbons (Fsp3) is 0.444. The molecule has 3 N–H and O–H groups in total. The maximum Gasteiger partial charge on any atom is 0.140 e. The molecule has 0 saturated heterocycles.